The van der Waals surface area contributed by atoms with E-state index >= 15 is 0 Å². The highest BCUT2D eigenvalue weighted by Gasteiger charge is 2.12. The molecule has 0 aliphatic heterocycles. The summed E-state index contributed by atoms with van der Waals surface area (Å²) >= 11 is 15.3. The van der Waals surface area contributed by atoms with Gasteiger partial charge in [0.1, 0.15) is 0 Å². The van der Waals surface area contributed by atoms with Crippen LogP contribution in [0.3, 0.4) is 0 Å². The summed E-state index contributed by atoms with van der Waals surface area (Å²) in [6.07, 6.45) is 0. The average Bonchev–Trinajstić information content (AvgIpc) is 2.71. The number of aromatic nitrogens is 2. The van der Waals surface area contributed by atoms with Crippen LogP contribution in [0.5, 0.6) is 0 Å². The first-order chi connectivity index (χ1) is 9.09. The summed E-state index contributed by atoms with van der Waals surface area (Å²) < 4.78 is 3.67. The predicted molar refractivity (Wildman–Crippen MR) is 85.9 cm³/mol. The van der Waals surface area contributed by atoms with Crippen LogP contribution in [0.15, 0.2) is 40.9 Å². The van der Waals surface area contributed by atoms with Crippen LogP contribution in [0.4, 0.5) is 0 Å². The average molecular weight is 354 g/mol. The largest absolute Gasteiger partial charge is 0.330 e. The number of nitrogens with zero attached hydrogens (tertiary/aromatic N) is 1. The number of hydrogen-bond acceptors (Lipinski definition) is 1. The number of fused-ring (bicyclic) bond motifs is 1. The van der Waals surface area contributed by atoms with Crippen LogP contribution in [-0.4, -0.2) is 9.55 Å². The smallest absolute Gasteiger partial charge is 0.182 e. The van der Waals surface area contributed by atoms with Crippen LogP contribution < -0.4 is 0 Å². The first kappa shape index (κ1) is 12.9. The normalized spacial score (nSPS) is 11.1. The summed E-state index contributed by atoms with van der Waals surface area (Å²) in [5, 5.41) is 0.684. The van der Waals surface area contributed by atoms with Gasteiger partial charge in [-0.3, -0.25) is 4.57 Å². The summed E-state index contributed by atoms with van der Waals surface area (Å²) in [5.74, 6) is 0. The standard InChI is InChI=1S/C14H10BrClN2S/c1-8-9(15)4-2-7-12(8)18-13-10(16)5-3-6-11(13)17-14(18)19/h2-7H,1H3,(H,17,19). The van der Waals surface area contributed by atoms with Crippen LogP contribution in [0.2, 0.25) is 5.02 Å². The van der Waals surface area contributed by atoms with Gasteiger partial charge in [0.25, 0.3) is 0 Å². The Kier molecular flexibility index (Phi) is 3.25. The first-order valence-corrected chi connectivity index (χ1v) is 7.32. The second kappa shape index (κ2) is 4.78. The van der Waals surface area contributed by atoms with Crippen molar-refractivity contribution in [3.8, 4) is 5.69 Å². The zero-order valence-corrected chi connectivity index (χ0v) is 13.2. The molecule has 0 aliphatic rings. The number of halogens is 2. The maximum atomic E-state index is 6.32. The van der Waals surface area contributed by atoms with Gasteiger partial charge >= 0.3 is 0 Å². The highest BCUT2D eigenvalue weighted by molar-refractivity contribution is 9.10. The molecule has 0 spiro atoms. The van der Waals surface area contributed by atoms with Crippen LogP contribution in [-0.2, 0) is 0 Å². The van der Waals surface area contributed by atoms with Gasteiger partial charge in [0.15, 0.2) is 4.77 Å². The molecule has 19 heavy (non-hydrogen) atoms. The van der Waals surface area contributed by atoms with Crippen molar-refractivity contribution in [3.63, 3.8) is 0 Å². The topological polar surface area (TPSA) is 20.7 Å². The fraction of sp³-hybridized carbons (Fsp3) is 0.0714. The Bertz CT molecular complexity index is 835. The molecule has 0 saturated carbocycles. The van der Waals surface area contributed by atoms with Crippen molar-refractivity contribution in [3.05, 3.63) is 56.2 Å². The van der Waals surface area contributed by atoms with Gasteiger partial charge < -0.3 is 4.98 Å². The Morgan fingerprint density at radius 2 is 1.95 bits per heavy atom. The second-order valence-corrected chi connectivity index (χ2v) is 5.93. The Labute approximate surface area is 129 Å². The fourth-order valence-electron chi connectivity index (χ4n) is 2.18. The quantitative estimate of drug-likeness (QED) is 0.580. The second-order valence-electron chi connectivity index (χ2n) is 4.29. The van der Waals surface area contributed by atoms with Crippen molar-refractivity contribution in [1.82, 2.24) is 9.55 Å². The van der Waals surface area contributed by atoms with Crippen molar-refractivity contribution in [1.29, 1.82) is 0 Å². The van der Waals surface area contributed by atoms with Gasteiger partial charge in [-0.05, 0) is 49.0 Å². The number of imidazole rings is 1. The van der Waals surface area contributed by atoms with Gasteiger partial charge in [-0.2, -0.15) is 0 Å². The number of nitrogens with one attached hydrogen (secondary N) is 1. The third-order valence-electron chi connectivity index (χ3n) is 3.14. The van der Waals surface area contributed by atoms with Crippen molar-refractivity contribution in [2.75, 3.05) is 0 Å². The SMILES string of the molecule is Cc1c(Br)cccc1-n1c(=S)[nH]c2cccc(Cl)c21. The Morgan fingerprint density at radius 1 is 1.21 bits per heavy atom. The molecule has 0 radical (unpaired) electrons. The van der Waals surface area contributed by atoms with E-state index in [4.69, 9.17) is 23.8 Å². The lowest BCUT2D eigenvalue weighted by Crippen LogP contribution is -1.97. The number of H-pyrrole nitrogens is 1. The number of hydrogen-bond donors (Lipinski definition) is 1. The van der Waals surface area contributed by atoms with E-state index in [1.165, 1.54) is 0 Å². The van der Waals surface area contributed by atoms with Crippen LogP contribution in [0.25, 0.3) is 16.7 Å². The molecule has 1 aromatic heterocycles. The predicted octanol–water partition coefficient (Wildman–Crippen LogP) is 5.41. The maximum Gasteiger partial charge on any atom is 0.182 e. The van der Waals surface area contributed by atoms with E-state index in [1.807, 2.05) is 41.0 Å². The zero-order chi connectivity index (χ0) is 13.6. The molecule has 2 nitrogen and oxygen atoms in total. The third kappa shape index (κ3) is 2.04. The van der Waals surface area contributed by atoms with E-state index < -0.39 is 0 Å². The van der Waals surface area contributed by atoms with Gasteiger partial charge in [0.2, 0.25) is 0 Å². The van der Waals surface area contributed by atoms with E-state index in [9.17, 15) is 0 Å². The number of benzene rings is 2. The molecule has 0 fully saturated rings. The van der Waals surface area contributed by atoms with Gasteiger partial charge in [0.05, 0.1) is 21.7 Å². The van der Waals surface area contributed by atoms with Gasteiger partial charge in [-0.25, -0.2) is 0 Å². The highest BCUT2D eigenvalue weighted by Crippen LogP contribution is 2.30. The molecule has 3 rings (SSSR count). The van der Waals surface area contributed by atoms with E-state index in [1.54, 1.807) is 0 Å². The molecule has 96 valence electrons. The van der Waals surface area contributed by atoms with E-state index in [2.05, 4.69) is 27.8 Å². The maximum absolute atomic E-state index is 6.32. The monoisotopic (exact) mass is 352 g/mol. The first-order valence-electron chi connectivity index (χ1n) is 5.74. The van der Waals surface area contributed by atoms with E-state index in [0.29, 0.717) is 9.79 Å². The molecule has 0 unspecified atom stereocenters. The van der Waals surface area contributed by atoms with Gasteiger partial charge in [0, 0.05) is 4.47 Å². The summed E-state index contributed by atoms with van der Waals surface area (Å²) in [5.41, 5.74) is 4.00. The molecule has 0 amide bonds. The molecule has 1 heterocycles. The van der Waals surface area contributed by atoms with Crippen LogP contribution in [0, 0.1) is 11.7 Å². The lowest BCUT2D eigenvalue weighted by atomic mass is 10.2. The lowest BCUT2D eigenvalue weighted by molar-refractivity contribution is 1.05. The number of aromatic amines is 1. The summed E-state index contributed by atoms with van der Waals surface area (Å²) in [7, 11) is 0. The fourth-order valence-corrected chi connectivity index (χ4v) is 3.10. The van der Waals surface area contributed by atoms with Crippen molar-refractivity contribution in [2.45, 2.75) is 6.92 Å². The molecule has 2 aromatic carbocycles. The van der Waals surface area contributed by atoms with E-state index in [0.717, 1.165) is 26.8 Å². The molecular formula is C14H10BrClN2S. The minimum Gasteiger partial charge on any atom is -0.330 e. The molecule has 0 saturated heterocycles. The minimum absolute atomic E-state index is 0.643. The van der Waals surface area contributed by atoms with Crippen LogP contribution in [0.1, 0.15) is 5.56 Å². The molecule has 0 aliphatic carbocycles. The molecule has 0 bridgehead atoms. The molecular weight excluding hydrogens is 344 g/mol. The zero-order valence-electron chi connectivity index (χ0n) is 10.1. The molecule has 0 atom stereocenters. The highest BCUT2D eigenvalue weighted by atomic mass is 79.9. The number of rotatable bonds is 1. The van der Waals surface area contributed by atoms with E-state index in [-0.39, 0.29) is 0 Å². The molecule has 5 heteroatoms. The van der Waals surface area contributed by atoms with Crippen LogP contribution >= 0.6 is 39.7 Å². The van der Waals surface area contributed by atoms with Gasteiger partial charge in [-0.1, -0.05) is 39.7 Å². The molecule has 3 aromatic rings. The minimum atomic E-state index is 0.643. The molecule has 1 N–H and O–H groups in total. The van der Waals surface area contributed by atoms with Crippen molar-refractivity contribution in [2.24, 2.45) is 0 Å². The van der Waals surface area contributed by atoms with Crippen molar-refractivity contribution >= 4 is 50.8 Å². The Balaban J connectivity index is 2.46. The summed E-state index contributed by atoms with van der Waals surface area (Å²) in [4.78, 5) is 3.19. The van der Waals surface area contributed by atoms with Crippen molar-refractivity contribution < 1.29 is 0 Å². The third-order valence-corrected chi connectivity index (χ3v) is 4.58. The summed E-state index contributed by atoms with van der Waals surface area (Å²) in [6, 6.07) is 11.8. The van der Waals surface area contributed by atoms with Gasteiger partial charge in [-0.15, -0.1) is 0 Å². The lowest BCUT2D eigenvalue weighted by Gasteiger charge is -2.10. The Hall–Kier alpha value is -1.10. The Morgan fingerprint density at radius 3 is 2.74 bits per heavy atom. The summed E-state index contributed by atoms with van der Waals surface area (Å²) in [6.45, 7) is 2.05. The number of para-hydroxylation sites is 1.